The molecule has 5 nitrogen and oxygen atoms in total. The number of hydrogen-bond donors (Lipinski definition) is 0. The van der Waals surface area contributed by atoms with Crippen LogP contribution in [-0.2, 0) is 16.0 Å². The van der Waals surface area contributed by atoms with Gasteiger partial charge in [0.15, 0.2) is 0 Å². The highest BCUT2D eigenvalue weighted by molar-refractivity contribution is 5.71. The number of rotatable bonds is 6. The molecule has 0 fully saturated rings. The molecule has 0 aromatic heterocycles. The number of ether oxygens (including phenoxy) is 4. The lowest BCUT2D eigenvalue weighted by atomic mass is 9.98. The SMILES string of the molecule is COC(=O)C[C@@H]1COc2cc(O[C@@H]3CCc4c(Oc5ccccc5C)ccc(F)c43)ccc21. The number of para-hydroxylation sites is 1. The Hall–Kier alpha value is -3.54. The minimum Gasteiger partial charge on any atom is -0.492 e. The first kappa shape index (κ1) is 21.3. The van der Waals surface area contributed by atoms with Gasteiger partial charge < -0.3 is 18.9 Å². The summed E-state index contributed by atoms with van der Waals surface area (Å²) in [4.78, 5) is 11.6. The normalized spacial score (nSPS) is 18.3. The molecule has 0 unspecified atom stereocenters. The van der Waals surface area contributed by atoms with E-state index in [1.165, 1.54) is 13.2 Å². The summed E-state index contributed by atoms with van der Waals surface area (Å²) in [6, 6.07) is 16.5. The standard InChI is InChI=1S/C27H25FO5/c1-16-5-3-4-6-22(16)33-23-12-10-21(28)27-20(23)9-11-24(27)32-18-7-8-19-17(13-26(29)30-2)15-31-25(19)14-18/h3-8,10,12,14,17,24H,9,11,13,15H2,1-2H3/t17-,24-/m1/s1. The molecule has 0 radical (unpaired) electrons. The average molecular weight is 448 g/mol. The first-order chi connectivity index (χ1) is 16.0. The van der Waals surface area contributed by atoms with Crippen LogP contribution in [0.4, 0.5) is 4.39 Å². The molecule has 1 aliphatic heterocycles. The predicted molar refractivity (Wildman–Crippen MR) is 121 cm³/mol. The molecule has 0 saturated carbocycles. The molecule has 0 amide bonds. The van der Waals surface area contributed by atoms with Gasteiger partial charge in [-0.2, -0.15) is 0 Å². The number of fused-ring (bicyclic) bond motifs is 2. The molecule has 3 aromatic rings. The Labute approximate surface area is 192 Å². The highest BCUT2D eigenvalue weighted by atomic mass is 19.1. The van der Waals surface area contributed by atoms with Crippen LogP contribution in [0.15, 0.2) is 54.6 Å². The molecule has 5 rings (SSSR count). The van der Waals surface area contributed by atoms with Crippen molar-refractivity contribution >= 4 is 5.97 Å². The second-order valence-electron chi connectivity index (χ2n) is 8.44. The zero-order valence-electron chi connectivity index (χ0n) is 18.6. The second kappa shape index (κ2) is 8.77. The summed E-state index contributed by atoms with van der Waals surface area (Å²) in [5.74, 6) is 2.13. The molecule has 1 aliphatic carbocycles. The lowest BCUT2D eigenvalue weighted by Gasteiger charge is -2.17. The van der Waals surface area contributed by atoms with Gasteiger partial charge in [0.05, 0.1) is 20.1 Å². The average Bonchev–Trinajstić information content (AvgIpc) is 3.42. The van der Waals surface area contributed by atoms with E-state index < -0.39 is 6.10 Å². The number of carbonyl (C=O) groups excluding carboxylic acids is 1. The molecule has 3 aromatic carbocycles. The summed E-state index contributed by atoms with van der Waals surface area (Å²) < 4.78 is 37.8. The van der Waals surface area contributed by atoms with E-state index >= 15 is 0 Å². The quantitative estimate of drug-likeness (QED) is 0.431. The van der Waals surface area contributed by atoms with Crippen LogP contribution in [0.5, 0.6) is 23.0 Å². The van der Waals surface area contributed by atoms with Crippen LogP contribution in [0.2, 0.25) is 0 Å². The van der Waals surface area contributed by atoms with Gasteiger partial charge in [-0.15, -0.1) is 0 Å². The number of benzene rings is 3. The molecule has 0 N–H and O–H groups in total. The van der Waals surface area contributed by atoms with E-state index in [2.05, 4.69) is 0 Å². The lowest BCUT2D eigenvalue weighted by Crippen LogP contribution is -2.09. The van der Waals surface area contributed by atoms with Crippen molar-refractivity contribution in [2.24, 2.45) is 0 Å². The van der Waals surface area contributed by atoms with Crippen molar-refractivity contribution in [1.82, 2.24) is 0 Å². The summed E-state index contributed by atoms with van der Waals surface area (Å²) in [6.07, 6.45) is 1.19. The van der Waals surface area contributed by atoms with Crippen molar-refractivity contribution < 1.29 is 28.1 Å². The van der Waals surface area contributed by atoms with Gasteiger partial charge in [0.25, 0.3) is 0 Å². The van der Waals surface area contributed by atoms with Gasteiger partial charge in [0.2, 0.25) is 0 Å². The third-order valence-electron chi connectivity index (χ3n) is 6.34. The van der Waals surface area contributed by atoms with Gasteiger partial charge in [0, 0.05) is 28.7 Å². The van der Waals surface area contributed by atoms with Gasteiger partial charge in [-0.1, -0.05) is 24.3 Å². The van der Waals surface area contributed by atoms with Crippen molar-refractivity contribution in [3.05, 3.63) is 82.7 Å². The molecular formula is C27H25FO5. The molecule has 2 aliphatic rings. The summed E-state index contributed by atoms with van der Waals surface area (Å²) in [5, 5.41) is 0. The van der Waals surface area contributed by atoms with E-state index in [9.17, 15) is 9.18 Å². The highest BCUT2D eigenvalue weighted by Gasteiger charge is 2.32. The summed E-state index contributed by atoms with van der Waals surface area (Å²) >= 11 is 0. The molecule has 6 heteroatoms. The van der Waals surface area contributed by atoms with E-state index in [4.69, 9.17) is 18.9 Å². The molecule has 0 saturated heterocycles. The molecular weight excluding hydrogens is 423 g/mol. The van der Waals surface area contributed by atoms with Crippen molar-refractivity contribution in [3.8, 4) is 23.0 Å². The van der Waals surface area contributed by atoms with E-state index in [0.29, 0.717) is 42.3 Å². The van der Waals surface area contributed by atoms with Crippen LogP contribution in [0.1, 0.15) is 47.1 Å². The van der Waals surface area contributed by atoms with E-state index in [0.717, 1.165) is 22.4 Å². The van der Waals surface area contributed by atoms with Gasteiger partial charge >= 0.3 is 5.97 Å². The summed E-state index contributed by atoms with van der Waals surface area (Å²) in [6.45, 7) is 2.41. The Morgan fingerprint density at radius 2 is 1.97 bits per heavy atom. The summed E-state index contributed by atoms with van der Waals surface area (Å²) in [5.41, 5.74) is 3.37. The number of halogens is 1. The first-order valence-corrected chi connectivity index (χ1v) is 11.1. The maximum Gasteiger partial charge on any atom is 0.306 e. The Morgan fingerprint density at radius 1 is 1.12 bits per heavy atom. The second-order valence-corrected chi connectivity index (χ2v) is 8.44. The lowest BCUT2D eigenvalue weighted by molar-refractivity contribution is -0.141. The van der Waals surface area contributed by atoms with Crippen LogP contribution in [0, 0.1) is 12.7 Å². The Bertz CT molecular complexity index is 1210. The van der Waals surface area contributed by atoms with Gasteiger partial charge in [-0.05, 0) is 49.6 Å². The molecule has 170 valence electrons. The van der Waals surface area contributed by atoms with Crippen molar-refractivity contribution in [2.75, 3.05) is 13.7 Å². The zero-order chi connectivity index (χ0) is 22.9. The Morgan fingerprint density at radius 3 is 2.79 bits per heavy atom. The minimum absolute atomic E-state index is 0.0349. The largest absolute Gasteiger partial charge is 0.492 e. The van der Waals surface area contributed by atoms with Crippen LogP contribution >= 0.6 is 0 Å². The number of methoxy groups -OCH3 is 1. The van der Waals surface area contributed by atoms with Gasteiger partial charge in [-0.3, -0.25) is 4.79 Å². The van der Waals surface area contributed by atoms with Crippen LogP contribution in [-0.4, -0.2) is 19.7 Å². The highest BCUT2D eigenvalue weighted by Crippen LogP contribution is 2.44. The van der Waals surface area contributed by atoms with Crippen LogP contribution < -0.4 is 14.2 Å². The number of esters is 1. The van der Waals surface area contributed by atoms with Crippen molar-refractivity contribution in [3.63, 3.8) is 0 Å². The minimum atomic E-state index is -0.411. The fourth-order valence-corrected chi connectivity index (χ4v) is 4.59. The van der Waals surface area contributed by atoms with Gasteiger partial charge in [0.1, 0.15) is 34.9 Å². The van der Waals surface area contributed by atoms with E-state index in [1.54, 1.807) is 6.07 Å². The van der Waals surface area contributed by atoms with E-state index in [-0.39, 0.29) is 24.1 Å². The smallest absolute Gasteiger partial charge is 0.306 e. The number of hydrogen-bond acceptors (Lipinski definition) is 5. The fraction of sp³-hybridized carbons (Fsp3) is 0.296. The molecule has 0 bridgehead atoms. The first-order valence-electron chi connectivity index (χ1n) is 11.1. The maximum atomic E-state index is 14.9. The topological polar surface area (TPSA) is 54.0 Å². The van der Waals surface area contributed by atoms with Crippen LogP contribution in [0.3, 0.4) is 0 Å². The Kier molecular flexibility index (Phi) is 5.67. The molecule has 0 spiro atoms. The van der Waals surface area contributed by atoms with Gasteiger partial charge in [-0.25, -0.2) is 4.39 Å². The number of aryl methyl sites for hydroxylation is 1. The summed E-state index contributed by atoms with van der Waals surface area (Å²) in [7, 11) is 1.38. The monoisotopic (exact) mass is 448 g/mol. The van der Waals surface area contributed by atoms with Crippen LogP contribution in [0.25, 0.3) is 0 Å². The molecule has 2 atom stereocenters. The van der Waals surface area contributed by atoms with Crippen molar-refractivity contribution in [1.29, 1.82) is 0 Å². The molecule has 1 heterocycles. The zero-order valence-corrected chi connectivity index (χ0v) is 18.6. The fourth-order valence-electron chi connectivity index (χ4n) is 4.59. The third-order valence-corrected chi connectivity index (χ3v) is 6.34. The van der Waals surface area contributed by atoms with Crippen molar-refractivity contribution in [2.45, 2.75) is 38.2 Å². The third kappa shape index (κ3) is 4.13. The van der Waals surface area contributed by atoms with E-state index in [1.807, 2.05) is 49.4 Å². The number of carbonyl (C=O) groups is 1. The maximum absolute atomic E-state index is 14.9. The Balaban J connectivity index is 1.36. The predicted octanol–water partition coefficient (Wildman–Crippen LogP) is 6.03. The molecule has 33 heavy (non-hydrogen) atoms.